The van der Waals surface area contributed by atoms with Gasteiger partial charge in [-0.05, 0) is 91.8 Å². The Balaban J connectivity index is 1.65. The molecule has 1 saturated carbocycles. The number of anilines is 1. The standard InChI is InChI=1S/C31H40ClN3O3/c1-20-16-23(32)13-14-26(20)30(38)35-15-7-12-27(28(35)21-8-5-10-24(17-21)33-19-36)29(37)34-25-11-6-9-22(18-25)31(2,3)4/h6,9,11,13-14,16,18-19,21,24,27-28H,5,7-8,10,12,15,17H2,1-4H3,(H,33,36)(H,34,37)/t21-,24?,27+,28?/m1/s1. The van der Waals surface area contributed by atoms with E-state index in [4.69, 9.17) is 11.6 Å². The molecule has 2 N–H and O–H groups in total. The van der Waals surface area contributed by atoms with E-state index in [9.17, 15) is 14.4 Å². The van der Waals surface area contributed by atoms with Crippen molar-refractivity contribution in [3.05, 3.63) is 64.2 Å². The van der Waals surface area contributed by atoms with Gasteiger partial charge in [0.25, 0.3) is 5.91 Å². The molecule has 4 atom stereocenters. The van der Waals surface area contributed by atoms with Crippen molar-refractivity contribution in [3.63, 3.8) is 0 Å². The summed E-state index contributed by atoms with van der Waals surface area (Å²) in [5.74, 6) is -0.313. The molecule has 4 rings (SSSR count). The number of carbonyl (C=O) groups excluding carboxylic acids is 3. The fourth-order valence-electron chi connectivity index (χ4n) is 6.23. The highest BCUT2D eigenvalue weighted by atomic mass is 35.5. The van der Waals surface area contributed by atoms with Crippen LogP contribution in [0.1, 0.15) is 80.8 Å². The van der Waals surface area contributed by atoms with Crippen molar-refractivity contribution in [2.45, 2.75) is 83.7 Å². The highest BCUT2D eigenvalue weighted by Gasteiger charge is 2.44. The zero-order valence-corrected chi connectivity index (χ0v) is 23.7. The maximum Gasteiger partial charge on any atom is 0.254 e. The Labute approximate surface area is 231 Å². The minimum atomic E-state index is -0.335. The van der Waals surface area contributed by atoms with E-state index < -0.39 is 0 Å². The number of hydrogen-bond donors (Lipinski definition) is 2. The van der Waals surface area contributed by atoms with Crippen LogP contribution >= 0.6 is 11.6 Å². The molecule has 38 heavy (non-hydrogen) atoms. The first-order valence-electron chi connectivity index (χ1n) is 13.8. The average Bonchev–Trinajstić information content (AvgIpc) is 2.88. The molecular formula is C31H40ClN3O3. The number of piperidine rings is 1. The highest BCUT2D eigenvalue weighted by molar-refractivity contribution is 6.30. The molecule has 2 fully saturated rings. The number of hydrogen-bond acceptors (Lipinski definition) is 3. The van der Waals surface area contributed by atoms with Crippen LogP contribution in [-0.4, -0.2) is 41.8 Å². The van der Waals surface area contributed by atoms with E-state index in [0.717, 1.165) is 61.7 Å². The van der Waals surface area contributed by atoms with E-state index in [1.54, 1.807) is 12.1 Å². The maximum absolute atomic E-state index is 14.0. The number of aryl methyl sites for hydroxylation is 1. The van der Waals surface area contributed by atoms with Crippen LogP contribution < -0.4 is 10.6 Å². The third kappa shape index (κ3) is 6.40. The summed E-state index contributed by atoms with van der Waals surface area (Å²) in [6.07, 6.45) is 5.81. The van der Waals surface area contributed by atoms with Gasteiger partial charge in [-0.1, -0.05) is 50.9 Å². The average molecular weight is 538 g/mol. The summed E-state index contributed by atoms with van der Waals surface area (Å²) in [4.78, 5) is 41.0. The third-order valence-corrected chi connectivity index (χ3v) is 8.44. The van der Waals surface area contributed by atoms with Gasteiger partial charge in [-0.15, -0.1) is 0 Å². The molecule has 2 aromatic carbocycles. The van der Waals surface area contributed by atoms with Gasteiger partial charge in [-0.3, -0.25) is 14.4 Å². The molecule has 0 aromatic heterocycles. The molecule has 3 amide bonds. The van der Waals surface area contributed by atoms with Crippen LogP contribution in [0, 0.1) is 18.8 Å². The van der Waals surface area contributed by atoms with Crippen molar-refractivity contribution < 1.29 is 14.4 Å². The normalized spacial score (nSPS) is 24.0. The minimum Gasteiger partial charge on any atom is -0.356 e. The number of halogens is 1. The topological polar surface area (TPSA) is 78.5 Å². The third-order valence-electron chi connectivity index (χ3n) is 8.20. The molecule has 1 aliphatic heterocycles. The maximum atomic E-state index is 14.0. The Morgan fingerprint density at radius 1 is 1.05 bits per heavy atom. The van der Waals surface area contributed by atoms with Gasteiger partial charge in [0.1, 0.15) is 0 Å². The van der Waals surface area contributed by atoms with Crippen LogP contribution in [0.5, 0.6) is 0 Å². The van der Waals surface area contributed by atoms with Crippen molar-refractivity contribution >= 4 is 35.5 Å². The highest BCUT2D eigenvalue weighted by Crippen LogP contribution is 2.39. The predicted octanol–water partition coefficient (Wildman–Crippen LogP) is 6.11. The van der Waals surface area contributed by atoms with Crippen LogP contribution in [-0.2, 0) is 15.0 Å². The zero-order chi connectivity index (χ0) is 27.4. The molecule has 2 aromatic rings. The summed E-state index contributed by atoms with van der Waals surface area (Å²) in [7, 11) is 0. The molecule has 7 heteroatoms. The summed E-state index contributed by atoms with van der Waals surface area (Å²) in [5.41, 5.74) is 3.35. The van der Waals surface area contributed by atoms with Crippen molar-refractivity contribution in [1.29, 1.82) is 0 Å². The van der Waals surface area contributed by atoms with Crippen molar-refractivity contribution in [3.8, 4) is 0 Å². The largest absolute Gasteiger partial charge is 0.356 e. The number of rotatable bonds is 6. The molecular weight excluding hydrogens is 498 g/mol. The molecule has 2 aliphatic rings. The number of carbonyl (C=O) groups is 3. The van der Waals surface area contributed by atoms with E-state index in [1.165, 1.54) is 0 Å². The van der Waals surface area contributed by atoms with Gasteiger partial charge >= 0.3 is 0 Å². The Bertz CT molecular complexity index is 1180. The predicted molar refractivity (Wildman–Crippen MR) is 152 cm³/mol. The smallest absolute Gasteiger partial charge is 0.254 e. The number of amides is 3. The van der Waals surface area contributed by atoms with Gasteiger partial charge in [0.05, 0.1) is 5.92 Å². The number of benzene rings is 2. The van der Waals surface area contributed by atoms with Crippen molar-refractivity contribution in [2.75, 3.05) is 11.9 Å². The molecule has 6 nitrogen and oxygen atoms in total. The lowest BCUT2D eigenvalue weighted by Gasteiger charge is -2.47. The summed E-state index contributed by atoms with van der Waals surface area (Å²) in [6.45, 7) is 8.97. The summed E-state index contributed by atoms with van der Waals surface area (Å²) < 4.78 is 0. The molecule has 2 unspecified atom stereocenters. The van der Waals surface area contributed by atoms with E-state index in [1.807, 2.05) is 36.1 Å². The number of nitrogens with one attached hydrogen (secondary N) is 2. The number of nitrogens with zero attached hydrogens (tertiary/aromatic N) is 1. The van der Waals surface area contributed by atoms with Crippen molar-refractivity contribution in [1.82, 2.24) is 10.2 Å². The lowest BCUT2D eigenvalue weighted by atomic mass is 9.72. The van der Waals surface area contributed by atoms with Crippen LogP contribution in [0.15, 0.2) is 42.5 Å². The van der Waals surface area contributed by atoms with E-state index in [0.29, 0.717) is 17.1 Å². The molecule has 204 valence electrons. The number of likely N-dealkylation sites (tertiary alicyclic amines) is 1. The second-order valence-corrected chi connectivity index (χ2v) is 12.4. The Kier molecular flexibility index (Phi) is 8.81. The first-order valence-corrected chi connectivity index (χ1v) is 14.1. The van der Waals surface area contributed by atoms with Gasteiger partial charge in [0, 0.05) is 34.9 Å². The van der Waals surface area contributed by atoms with Crippen LogP contribution in [0.2, 0.25) is 5.02 Å². The lowest BCUT2D eigenvalue weighted by molar-refractivity contribution is -0.124. The van der Waals surface area contributed by atoms with Crippen LogP contribution in [0.4, 0.5) is 5.69 Å². The Morgan fingerprint density at radius 2 is 1.84 bits per heavy atom. The van der Waals surface area contributed by atoms with Gasteiger partial charge < -0.3 is 15.5 Å². The summed E-state index contributed by atoms with van der Waals surface area (Å²) in [6, 6.07) is 13.2. The fraction of sp³-hybridized carbons (Fsp3) is 0.516. The lowest BCUT2D eigenvalue weighted by Crippen LogP contribution is -2.56. The molecule has 0 spiro atoms. The van der Waals surface area contributed by atoms with Gasteiger partial charge in [-0.25, -0.2) is 0 Å². The van der Waals surface area contributed by atoms with Gasteiger partial charge in [0.2, 0.25) is 12.3 Å². The van der Waals surface area contributed by atoms with Crippen LogP contribution in [0.3, 0.4) is 0 Å². The summed E-state index contributed by atoms with van der Waals surface area (Å²) in [5, 5.41) is 6.73. The first-order chi connectivity index (χ1) is 18.1. The van der Waals surface area contributed by atoms with Crippen molar-refractivity contribution in [2.24, 2.45) is 11.8 Å². The van der Waals surface area contributed by atoms with Gasteiger partial charge in [0.15, 0.2) is 0 Å². The summed E-state index contributed by atoms with van der Waals surface area (Å²) >= 11 is 6.17. The monoisotopic (exact) mass is 537 g/mol. The van der Waals surface area contributed by atoms with E-state index in [2.05, 4.69) is 37.5 Å². The second-order valence-electron chi connectivity index (χ2n) is 11.9. The van der Waals surface area contributed by atoms with Crippen LogP contribution in [0.25, 0.3) is 0 Å². The minimum absolute atomic E-state index is 0.0313. The van der Waals surface area contributed by atoms with E-state index in [-0.39, 0.29) is 41.1 Å². The first kappa shape index (κ1) is 28.2. The molecule has 1 heterocycles. The van der Waals surface area contributed by atoms with E-state index >= 15 is 0 Å². The molecule has 1 saturated heterocycles. The van der Waals surface area contributed by atoms with Gasteiger partial charge in [-0.2, -0.15) is 0 Å². The Morgan fingerprint density at radius 3 is 2.55 bits per heavy atom. The second kappa shape index (κ2) is 11.9. The SMILES string of the molecule is Cc1cc(Cl)ccc1C(=O)N1CCC[C@H](C(=O)Nc2cccc(C(C)(C)C)c2)C1[C@@H]1CCCC(NC=O)C1. The fourth-order valence-corrected chi connectivity index (χ4v) is 6.46. The Hall–Kier alpha value is -2.86. The molecule has 0 bridgehead atoms. The molecule has 1 aliphatic carbocycles. The quantitative estimate of drug-likeness (QED) is 0.436. The zero-order valence-electron chi connectivity index (χ0n) is 22.9. The molecule has 0 radical (unpaired) electrons.